The molecule has 2 heterocycles. The maximum atomic E-state index is 5.67. The third-order valence-corrected chi connectivity index (χ3v) is 3.52. The molecule has 0 bridgehead atoms. The van der Waals surface area contributed by atoms with Crippen LogP contribution in [0.15, 0.2) is 30.6 Å². The Bertz CT molecular complexity index is 552. The van der Waals surface area contributed by atoms with E-state index in [0.29, 0.717) is 5.92 Å². The fraction of sp³-hybridized carbons (Fsp3) is 0.429. The first-order chi connectivity index (χ1) is 9.34. The minimum Gasteiger partial charge on any atom is -0.493 e. The lowest BCUT2D eigenvalue weighted by Crippen LogP contribution is -2.25. The van der Waals surface area contributed by atoms with E-state index in [9.17, 15) is 0 Å². The van der Waals surface area contributed by atoms with Crippen molar-refractivity contribution >= 4 is 0 Å². The molecule has 19 heavy (non-hydrogen) atoms. The van der Waals surface area contributed by atoms with E-state index in [0.717, 1.165) is 37.7 Å². The number of benzene rings is 1. The molecular formula is C14H18N4O. The third kappa shape index (κ3) is 2.61. The lowest BCUT2D eigenvalue weighted by Gasteiger charge is -2.10. The Morgan fingerprint density at radius 1 is 1.42 bits per heavy atom. The highest BCUT2D eigenvalue weighted by Gasteiger charge is 2.22. The molecule has 2 aromatic rings. The first-order valence-corrected chi connectivity index (χ1v) is 6.60. The summed E-state index contributed by atoms with van der Waals surface area (Å²) in [6.07, 6.45) is 2.63. The van der Waals surface area contributed by atoms with Crippen molar-refractivity contribution in [3.8, 4) is 5.75 Å². The molecule has 1 N–H and O–H groups in total. The van der Waals surface area contributed by atoms with E-state index in [2.05, 4.69) is 27.6 Å². The van der Waals surface area contributed by atoms with Gasteiger partial charge in [-0.1, -0.05) is 18.2 Å². The van der Waals surface area contributed by atoms with Crippen molar-refractivity contribution in [2.24, 2.45) is 7.05 Å². The van der Waals surface area contributed by atoms with E-state index in [4.69, 9.17) is 4.74 Å². The predicted molar refractivity (Wildman–Crippen MR) is 72.3 cm³/mol. The summed E-state index contributed by atoms with van der Waals surface area (Å²) in [6, 6.07) is 8.27. The van der Waals surface area contributed by atoms with Gasteiger partial charge in [-0.05, 0) is 6.07 Å². The van der Waals surface area contributed by atoms with Crippen LogP contribution in [0.25, 0.3) is 0 Å². The summed E-state index contributed by atoms with van der Waals surface area (Å²) in [5.74, 6) is 2.49. The van der Waals surface area contributed by atoms with Crippen LogP contribution >= 0.6 is 0 Å². The lowest BCUT2D eigenvalue weighted by atomic mass is 10.0. The standard InChI is InChI=1S/C14H18N4O/c1-18-10-16-17-14(18)6-7-15-8-11-9-19-13-5-3-2-4-12(11)13/h2-5,10-11,15H,6-9H2,1H3. The SMILES string of the molecule is Cn1cnnc1CCNCC1COc2ccccc21. The Morgan fingerprint density at radius 3 is 3.16 bits per heavy atom. The van der Waals surface area contributed by atoms with E-state index >= 15 is 0 Å². The Hall–Kier alpha value is -1.88. The van der Waals surface area contributed by atoms with Gasteiger partial charge in [0.05, 0.1) is 6.61 Å². The van der Waals surface area contributed by atoms with Gasteiger partial charge in [-0.15, -0.1) is 10.2 Å². The van der Waals surface area contributed by atoms with Gasteiger partial charge < -0.3 is 14.6 Å². The summed E-state index contributed by atoms with van der Waals surface area (Å²) >= 11 is 0. The number of hydrogen-bond acceptors (Lipinski definition) is 4. The van der Waals surface area contributed by atoms with Crippen LogP contribution in [0, 0.1) is 0 Å². The van der Waals surface area contributed by atoms with Crippen LogP contribution in [-0.4, -0.2) is 34.5 Å². The van der Waals surface area contributed by atoms with Gasteiger partial charge in [-0.2, -0.15) is 0 Å². The maximum absolute atomic E-state index is 5.67. The monoisotopic (exact) mass is 258 g/mol. The van der Waals surface area contributed by atoms with E-state index in [-0.39, 0.29) is 0 Å². The summed E-state index contributed by atoms with van der Waals surface area (Å²) in [5.41, 5.74) is 1.31. The second kappa shape index (κ2) is 5.40. The highest BCUT2D eigenvalue weighted by molar-refractivity contribution is 5.39. The number of para-hydroxylation sites is 1. The molecule has 0 spiro atoms. The molecule has 1 unspecified atom stereocenters. The topological polar surface area (TPSA) is 52.0 Å². The fourth-order valence-electron chi connectivity index (χ4n) is 2.41. The first kappa shape index (κ1) is 12.2. The van der Waals surface area contributed by atoms with Crippen molar-refractivity contribution in [2.75, 3.05) is 19.7 Å². The van der Waals surface area contributed by atoms with Gasteiger partial charge >= 0.3 is 0 Å². The van der Waals surface area contributed by atoms with Crippen LogP contribution in [0.1, 0.15) is 17.3 Å². The molecule has 1 aliphatic heterocycles. The zero-order valence-corrected chi connectivity index (χ0v) is 11.0. The van der Waals surface area contributed by atoms with Gasteiger partial charge in [0.2, 0.25) is 0 Å². The van der Waals surface area contributed by atoms with E-state index in [1.807, 2.05) is 23.7 Å². The maximum Gasteiger partial charge on any atom is 0.133 e. The number of aromatic nitrogens is 3. The van der Waals surface area contributed by atoms with Crippen molar-refractivity contribution in [3.63, 3.8) is 0 Å². The largest absolute Gasteiger partial charge is 0.493 e. The minimum atomic E-state index is 0.454. The van der Waals surface area contributed by atoms with Crippen LogP contribution in [0.4, 0.5) is 0 Å². The number of nitrogens with one attached hydrogen (secondary N) is 1. The van der Waals surface area contributed by atoms with Gasteiger partial charge in [0.15, 0.2) is 0 Å². The Labute approximate surface area is 112 Å². The Kier molecular flexibility index (Phi) is 3.46. The van der Waals surface area contributed by atoms with E-state index in [1.54, 1.807) is 6.33 Å². The molecular weight excluding hydrogens is 240 g/mol. The summed E-state index contributed by atoms with van der Waals surface area (Å²) in [5, 5.41) is 11.4. The van der Waals surface area contributed by atoms with Crippen molar-refractivity contribution in [2.45, 2.75) is 12.3 Å². The zero-order chi connectivity index (χ0) is 13.1. The summed E-state index contributed by atoms with van der Waals surface area (Å²) < 4.78 is 7.62. The number of fused-ring (bicyclic) bond motifs is 1. The van der Waals surface area contributed by atoms with Gasteiger partial charge in [-0.25, -0.2) is 0 Å². The summed E-state index contributed by atoms with van der Waals surface area (Å²) in [7, 11) is 1.97. The van der Waals surface area contributed by atoms with E-state index < -0.39 is 0 Å². The molecule has 0 amide bonds. The van der Waals surface area contributed by atoms with Crippen LogP contribution in [0.5, 0.6) is 5.75 Å². The number of nitrogens with zero attached hydrogens (tertiary/aromatic N) is 3. The van der Waals surface area contributed by atoms with E-state index in [1.165, 1.54) is 5.56 Å². The van der Waals surface area contributed by atoms with Gasteiger partial charge in [0.25, 0.3) is 0 Å². The Morgan fingerprint density at radius 2 is 2.32 bits per heavy atom. The second-order valence-corrected chi connectivity index (χ2v) is 4.86. The van der Waals surface area contributed by atoms with Gasteiger partial charge in [0.1, 0.15) is 17.9 Å². The molecule has 1 aromatic heterocycles. The van der Waals surface area contributed by atoms with Crippen LogP contribution < -0.4 is 10.1 Å². The first-order valence-electron chi connectivity index (χ1n) is 6.60. The molecule has 0 saturated heterocycles. The average molecular weight is 258 g/mol. The van der Waals surface area contributed by atoms with Crippen molar-refractivity contribution in [1.82, 2.24) is 20.1 Å². The predicted octanol–water partition coefficient (Wildman–Crippen LogP) is 1.12. The smallest absolute Gasteiger partial charge is 0.133 e. The molecule has 1 aromatic carbocycles. The zero-order valence-electron chi connectivity index (χ0n) is 11.0. The number of rotatable bonds is 5. The molecule has 0 radical (unpaired) electrons. The Balaban J connectivity index is 1.48. The summed E-state index contributed by atoms with van der Waals surface area (Å²) in [4.78, 5) is 0. The average Bonchev–Trinajstić information content (AvgIpc) is 3.02. The quantitative estimate of drug-likeness (QED) is 0.817. The van der Waals surface area contributed by atoms with Crippen LogP contribution in [0.3, 0.4) is 0 Å². The van der Waals surface area contributed by atoms with Crippen molar-refractivity contribution in [1.29, 1.82) is 0 Å². The number of ether oxygens (including phenoxy) is 1. The van der Waals surface area contributed by atoms with Crippen molar-refractivity contribution < 1.29 is 4.74 Å². The van der Waals surface area contributed by atoms with Gasteiger partial charge in [0, 0.05) is 38.0 Å². The highest BCUT2D eigenvalue weighted by atomic mass is 16.5. The highest BCUT2D eigenvalue weighted by Crippen LogP contribution is 2.32. The molecule has 1 atom stereocenters. The molecule has 1 aliphatic rings. The van der Waals surface area contributed by atoms with Gasteiger partial charge in [-0.3, -0.25) is 0 Å². The number of aryl methyl sites for hydroxylation is 1. The second-order valence-electron chi connectivity index (χ2n) is 4.86. The molecule has 3 rings (SSSR count). The molecule has 0 saturated carbocycles. The minimum absolute atomic E-state index is 0.454. The van der Waals surface area contributed by atoms with Crippen LogP contribution in [0.2, 0.25) is 0 Å². The molecule has 5 nitrogen and oxygen atoms in total. The lowest BCUT2D eigenvalue weighted by molar-refractivity contribution is 0.326. The fourth-order valence-corrected chi connectivity index (χ4v) is 2.41. The number of hydrogen-bond donors (Lipinski definition) is 1. The van der Waals surface area contributed by atoms with Crippen LogP contribution in [-0.2, 0) is 13.5 Å². The summed E-state index contributed by atoms with van der Waals surface area (Å²) in [6.45, 7) is 2.62. The molecule has 5 heteroatoms. The normalized spacial score (nSPS) is 17.2. The molecule has 0 fully saturated rings. The molecule has 0 aliphatic carbocycles. The van der Waals surface area contributed by atoms with Crippen molar-refractivity contribution in [3.05, 3.63) is 42.0 Å². The molecule has 100 valence electrons. The third-order valence-electron chi connectivity index (χ3n) is 3.52.